The molecule has 1 saturated heterocycles. The van der Waals surface area contributed by atoms with Crippen LogP contribution in [0.15, 0.2) is 48.5 Å². The third-order valence-electron chi connectivity index (χ3n) is 6.11. The number of rotatable bonds is 3. The average Bonchev–Trinajstić information content (AvgIpc) is 3.27. The van der Waals surface area contributed by atoms with Crippen molar-refractivity contribution in [3.05, 3.63) is 71.0 Å². The fourth-order valence-corrected chi connectivity index (χ4v) is 4.56. The number of likely N-dealkylation sites (tertiary alicyclic amines) is 1. The van der Waals surface area contributed by atoms with Gasteiger partial charge in [0.1, 0.15) is 11.4 Å². The third-order valence-corrected chi connectivity index (χ3v) is 6.11. The van der Waals surface area contributed by atoms with Gasteiger partial charge in [-0.3, -0.25) is 9.69 Å². The molecular weight excluding hydrogens is 327 g/mol. The molecule has 1 aliphatic carbocycles. The second-order valence-corrected chi connectivity index (χ2v) is 7.76. The van der Waals surface area contributed by atoms with Gasteiger partial charge in [0.25, 0.3) is 0 Å². The van der Waals surface area contributed by atoms with E-state index in [1.165, 1.54) is 23.3 Å². The summed E-state index contributed by atoms with van der Waals surface area (Å²) in [5.74, 6) is -0.0360. The molecule has 0 aromatic heterocycles. The number of benzene rings is 2. The van der Waals surface area contributed by atoms with Gasteiger partial charge < -0.3 is 4.90 Å². The van der Waals surface area contributed by atoms with Crippen LogP contribution >= 0.6 is 0 Å². The van der Waals surface area contributed by atoms with E-state index in [-0.39, 0.29) is 17.8 Å². The zero-order chi connectivity index (χ0) is 18.3. The first-order chi connectivity index (χ1) is 12.5. The van der Waals surface area contributed by atoms with E-state index in [1.54, 1.807) is 0 Å². The van der Waals surface area contributed by atoms with E-state index in [9.17, 15) is 9.18 Å². The predicted molar refractivity (Wildman–Crippen MR) is 100 cm³/mol. The first kappa shape index (κ1) is 17.2. The Morgan fingerprint density at radius 3 is 2.27 bits per heavy atom. The number of likely N-dealkylation sites (N-methyl/N-ethyl adjacent to an activating group) is 1. The van der Waals surface area contributed by atoms with Gasteiger partial charge >= 0.3 is 0 Å². The van der Waals surface area contributed by atoms with Crippen LogP contribution < -0.4 is 0 Å². The van der Waals surface area contributed by atoms with Crippen LogP contribution in [0.3, 0.4) is 0 Å². The summed E-state index contributed by atoms with van der Waals surface area (Å²) in [5.41, 5.74) is 3.05. The van der Waals surface area contributed by atoms with Crippen molar-refractivity contribution < 1.29 is 9.18 Å². The number of hydrogen-bond acceptors (Lipinski definition) is 2. The molecule has 1 aliphatic heterocycles. The SMILES string of the molecule is CN(C)C1(C(=O)N2CCCC2c2ccc(F)cc2)Cc2ccccc2C1. The fourth-order valence-electron chi connectivity index (χ4n) is 4.56. The molecule has 26 heavy (non-hydrogen) atoms. The minimum absolute atomic E-state index is 0.0450. The molecule has 4 heteroatoms. The van der Waals surface area contributed by atoms with Crippen molar-refractivity contribution in [2.24, 2.45) is 0 Å². The second kappa shape index (κ2) is 6.51. The highest BCUT2D eigenvalue weighted by molar-refractivity contribution is 5.89. The summed E-state index contributed by atoms with van der Waals surface area (Å²) in [4.78, 5) is 17.9. The Labute approximate surface area is 154 Å². The zero-order valence-corrected chi connectivity index (χ0v) is 15.4. The number of fused-ring (bicyclic) bond motifs is 1. The van der Waals surface area contributed by atoms with Crippen LogP contribution in [0.2, 0.25) is 0 Å². The topological polar surface area (TPSA) is 23.6 Å². The summed E-state index contributed by atoms with van der Waals surface area (Å²) in [7, 11) is 4.01. The van der Waals surface area contributed by atoms with Crippen molar-refractivity contribution in [3.63, 3.8) is 0 Å². The first-order valence-corrected chi connectivity index (χ1v) is 9.32. The van der Waals surface area contributed by atoms with E-state index in [2.05, 4.69) is 17.0 Å². The highest BCUT2D eigenvalue weighted by Crippen LogP contribution is 2.40. The highest BCUT2D eigenvalue weighted by Gasteiger charge is 2.49. The van der Waals surface area contributed by atoms with Gasteiger partial charge in [0, 0.05) is 19.4 Å². The summed E-state index contributed by atoms with van der Waals surface area (Å²) in [6.07, 6.45) is 3.43. The maximum atomic E-state index is 13.7. The van der Waals surface area contributed by atoms with Gasteiger partial charge in [0.05, 0.1) is 6.04 Å². The molecule has 1 heterocycles. The number of carbonyl (C=O) groups is 1. The standard InChI is InChI=1S/C22H25FN2O/c1-24(2)22(14-17-6-3-4-7-18(17)15-22)21(26)25-13-5-8-20(25)16-9-11-19(23)12-10-16/h3-4,6-7,9-12,20H,5,8,13-15H2,1-2H3. The van der Waals surface area contributed by atoms with E-state index in [4.69, 9.17) is 0 Å². The van der Waals surface area contributed by atoms with Crippen molar-refractivity contribution in [3.8, 4) is 0 Å². The van der Waals surface area contributed by atoms with E-state index in [1.807, 2.05) is 43.3 Å². The van der Waals surface area contributed by atoms with Gasteiger partial charge in [-0.1, -0.05) is 36.4 Å². The molecule has 4 rings (SSSR count). The quantitative estimate of drug-likeness (QED) is 0.843. The molecule has 0 bridgehead atoms. The van der Waals surface area contributed by atoms with Gasteiger partial charge in [0.2, 0.25) is 5.91 Å². The van der Waals surface area contributed by atoms with Crippen LogP contribution in [-0.4, -0.2) is 41.9 Å². The predicted octanol–water partition coefficient (Wildman–Crippen LogP) is 3.59. The van der Waals surface area contributed by atoms with Crippen LogP contribution in [-0.2, 0) is 17.6 Å². The lowest BCUT2D eigenvalue weighted by Crippen LogP contribution is -2.58. The van der Waals surface area contributed by atoms with Crippen molar-refractivity contribution in [2.75, 3.05) is 20.6 Å². The van der Waals surface area contributed by atoms with Crippen molar-refractivity contribution in [2.45, 2.75) is 37.3 Å². The summed E-state index contributed by atoms with van der Waals surface area (Å²) < 4.78 is 13.3. The lowest BCUT2D eigenvalue weighted by molar-refractivity contribution is -0.143. The maximum absolute atomic E-state index is 13.7. The molecule has 0 saturated carbocycles. The molecular formula is C22H25FN2O. The molecule has 136 valence electrons. The fraction of sp³-hybridized carbons (Fsp3) is 0.409. The van der Waals surface area contributed by atoms with Crippen LogP contribution in [0, 0.1) is 5.82 Å². The molecule has 1 fully saturated rings. The second-order valence-electron chi connectivity index (χ2n) is 7.76. The first-order valence-electron chi connectivity index (χ1n) is 9.32. The smallest absolute Gasteiger partial charge is 0.244 e. The lowest BCUT2D eigenvalue weighted by Gasteiger charge is -2.40. The normalized spacial score (nSPS) is 21.2. The molecule has 0 spiro atoms. The van der Waals surface area contributed by atoms with Gasteiger partial charge in [0.15, 0.2) is 0 Å². The Morgan fingerprint density at radius 1 is 1.08 bits per heavy atom. The Kier molecular flexibility index (Phi) is 4.31. The van der Waals surface area contributed by atoms with Crippen LogP contribution in [0.1, 0.15) is 35.6 Å². The molecule has 2 aromatic rings. The van der Waals surface area contributed by atoms with Crippen molar-refractivity contribution >= 4 is 5.91 Å². The monoisotopic (exact) mass is 352 g/mol. The zero-order valence-electron chi connectivity index (χ0n) is 15.4. The Balaban J connectivity index is 1.65. The third kappa shape index (κ3) is 2.73. The Hall–Kier alpha value is -2.20. The van der Waals surface area contributed by atoms with Gasteiger partial charge in [-0.2, -0.15) is 0 Å². The van der Waals surface area contributed by atoms with E-state index < -0.39 is 5.54 Å². The largest absolute Gasteiger partial charge is 0.334 e. The maximum Gasteiger partial charge on any atom is 0.244 e. The summed E-state index contributed by atoms with van der Waals surface area (Å²) in [5, 5.41) is 0. The molecule has 0 N–H and O–H groups in total. The lowest BCUT2D eigenvalue weighted by atomic mass is 9.91. The van der Waals surface area contributed by atoms with Crippen LogP contribution in [0.4, 0.5) is 4.39 Å². The van der Waals surface area contributed by atoms with E-state index in [0.717, 1.165) is 37.8 Å². The molecule has 0 radical (unpaired) electrons. The van der Waals surface area contributed by atoms with Gasteiger partial charge in [-0.15, -0.1) is 0 Å². The van der Waals surface area contributed by atoms with Gasteiger partial charge in [-0.05, 0) is 55.8 Å². The van der Waals surface area contributed by atoms with Gasteiger partial charge in [-0.25, -0.2) is 4.39 Å². The number of carbonyl (C=O) groups excluding carboxylic acids is 1. The molecule has 1 atom stereocenters. The number of hydrogen-bond donors (Lipinski definition) is 0. The number of amides is 1. The van der Waals surface area contributed by atoms with Crippen molar-refractivity contribution in [1.29, 1.82) is 0 Å². The molecule has 2 aromatic carbocycles. The van der Waals surface area contributed by atoms with E-state index in [0.29, 0.717) is 0 Å². The minimum atomic E-state index is -0.522. The summed E-state index contributed by atoms with van der Waals surface area (Å²) >= 11 is 0. The highest BCUT2D eigenvalue weighted by atomic mass is 19.1. The molecule has 2 aliphatic rings. The van der Waals surface area contributed by atoms with Crippen LogP contribution in [0.5, 0.6) is 0 Å². The summed E-state index contributed by atoms with van der Waals surface area (Å²) in [6, 6.07) is 15.0. The Bertz CT molecular complexity index is 790. The van der Waals surface area contributed by atoms with Crippen LogP contribution in [0.25, 0.3) is 0 Å². The number of halogens is 1. The average molecular weight is 352 g/mol. The number of nitrogens with zero attached hydrogens (tertiary/aromatic N) is 2. The minimum Gasteiger partial charge on any atom is -0.334 e. The molecule has 3 nitrogen and oxygen atoms in total. The van der Waals surface area contributed by atoms with Crippen molar-refractivity contribution in [1.82, 2.24) is 9.80 Å². The molecule has 1 amide bonds. The molecule has 1 unspecified atom stereocenters. The van der Waals surface area contributed by atoms with E-state index >= 15 is 0 Å². The summed E-state index contributed by atoms with van der Waals surface area (Å²) in [6.45, 7) is 0.771. The Morgan fingerprint density at radius 2 is 1.69 bits per heavy atom.